The van der Waals surface area contributed by atoms with E-state index in [1.807, 2.05) is 59.6 Å². The van der Waals surface area contributed by atoms with Crippen LogP contribution in [0.15, 0.2) is 76.3 Å². The van der Waals surface area contributed by atoms with Crippen molar-refractivity contribution in [1.29, 1.82) is 0 Å². The van der Waals surface area contributed by atoms with E-state index in [1.54, 1.807) is 7.11 Å². The van der Waals surface area contributed by atoms with Gasteiger partial charge in [0.15, 0.2) is 0 Å². The molecule has 0 spiro atoms. The zero-order valence-electron chi connectivity index (χ0n) is 15.7. The van der Waals surface area contributed by atoms with Crippen LogP contribution in [0.25, 0.3) is 0 Å². The molecule has 2 atom stereocenters. The van der Waals surface area contributed by atoms with Crippen molar-refractivity contribution in [3.8, 4) is 11.5 Å². The van der Waals surface area contributed by atoms with Crippen molar-refractivity contribution in [2.24, 2.45) is 5.10 Å². The van der Waals surface area contributed by atoms with E-state index in [9.17, 15) is 0 Å². The van der Waals surface area contributed by atoms with Gasteiger partial charge in [-0.2, -0.15) is 5.10 Å². The number of nitrogens with zero attached hydrogens (tertiary/aromatic N) is 2. The van der Waals surface area contributed by atoms with E-state index in [4.69, 9.17) is 26.2 Å². The highest BCUT2D eigenvalue weighted by Crippen LogP contribution is 2.49. The summed E-state index contributed by atoms with van der Waals surface area (Å²) in [5, 5.41) is 7.71. The van der Waals surface area contributed by atoms with Crippen LogP contribution in [0.4, 0.5) is 0 Å². The second kappa shape index (κ2) is 7.39. The molecule has 0 bridgehead atoms. The Morgan fingerprint density at radius 2 is 1.86 bits per heavy atom. The molecule has 2 aliphatic heterocycles. The number of rotatable bonds is 3. The Hall–Kier alpha value is -2.50. The van der Waals surface area contributed by atoms with Gasteiger partial charge < -0.3 is 9.47 Å². The number of benzene rings is 3. The molecule has 3 aromatic rings. The number of fused-ring (bicyclic) bond motifs is 3. The maximum absolute atomic E-state index is 6.41. The van der Waals surface area contributed by atoms with Crippen LogP contribution >= 0.6 is 27.5 Å². The first kappa shape index (κ1) is 18.5. The second-order valence-electron chi connectivity index (χ2n) is 7.05. The molecule has 6 heteroatoms. The largest absolute Gasteiger partial charge is 0.496 e. The molecule has 0 saturated carbocycles. The van der Waals surface area contributed by atoms with E-state index in [0.29, 0.717) is 5.02 Å². The first-order valence-electron chi connectivity index (χ1n) is 9.35. The van der Waals surface area contributed by atoms with Crippen molar-refractivity contribution in [2.45, 2.75) is 18.7 Å². The Labute approximate surface area is 182 Å². The molecule has 0 saturated heterocycles. The Morgan fingerprint density at radius 3 is 2.66 bits per heavy atom. The minimum absolute atomic E-state index is 0.0472. The monoisotopic (exact) mass is 468 g/mol. The van der Waals surface area contributed by atoms with Gasteiger partial charge in [-0.1, -0.05) is 51.8 Å². The summed E-state index contributed by atoms with van der Waals surface area (Å²) in [7, 11) is 1.67. The summed E-state index contributed by atoms with van der Waals surface area (Å²) < 4.78 is 13.0. The number of halogens is 2. The van der Waals surface area contributed by atoms with E-state index >= 15 is 0 Å². The Balaban J connectivity index is 1.62. The standard InChI is InChI=1S/C23H18BrClN2O2/c1-28-21-5-3-2-4-17(21)23-27-20(18-12-16(25)10-11-22(18)29-23)13-19(26-27)14-6-8-15(24)9-7-14/h2-12,20,23H,13H2,1H3/t20-,23-/m0/s1. The van der Waals surface area contributed by atoms with Gasteiger partial charge in [-0.3, -0.25) is 0 Å². The summed E-state index contributed by atoms with van der Waals surface area (Å²) in [5.74, 6) is 1.61. The van der Waals surface area contributed by atoms with E-state index < -0.39 is 0 Å². The highest BCUT2D eigenvalue weighted by atomic mass is 79.9. The van der Waals surface area contributed by atoms with Crippen LogP contribution in [0.5, 0.6) is 11.5 Å². The zero-order valence-corrected chi connectivity index (χ0v) is 18.0. The number of ether oxygens (including phenoxy) is 2. The van der Waals surface area contributed by atoms with Gasteiger partial charge in [0, 0.05) is 21.5 Å². The third-order valence-corrected chi connectivity index (χ3v) is 6.10. The van der Waals surface area contributed by atoms with E-state index in [1.165, 1.54) is 0 Å². The zero-order chi connectivity index (χ0) is 20.0. The summed E-state index contributed by atoms with van der Waals surface area (Å²) >= 11 is 9.80. The molecule has 29 heavy (non-hydrogen) atoms. The molecular weight excluding hydrogens is 452 g/mol. The molecule has 0 unspecified atom stereocenters. The molecule has 146 valence electrons. The van der Waals surface area contributed by atoms with Gasteiger partial charge in [-0.25, -0.2) is 5.01 Å². The van der Waals surface area contributed by atoms with Crippen LogP contribution in [-0.4, -0.2) is 17.8 Å². The smallest absolute Gasteiger partial charge is 0.217 e. The molecule has 2 heterocycles. The average molecular weight is 470 g/mol. The van der Waals surface area contributed by atoms with Crippen LogP contribution in [0.2, 0.25) is 5.02 Å². The van der Waals surface area contributed by atoms with Gasteiger partial charge in [0.05, 0.1) is 24.4 Å². The van der Waals surface area contributed by atoms with Crippen LogP contribution in [0, 0.1) is 0 Å². The normalized spacial score (nSPS) is 19.8. The maximum Gasteiger partial charge on any atom is 0.217 e. The van der Waals surface area contributed by atoms with Crippen molar-refractivity contribution in [1.82, 2.24) is 5.01 Å². The van der Waals surface area contributed by atoms with Crippen LogP contribution < -0.4 is 9.47 Å². The SMILES string of the molecule is COc1ccccc1[C@@H]1Oc2ccc(Cl)cc2[C@@H]2CC(c3ccc(Br)cc3)=NN21. The highest BCUT2D eigenvalue weighted by molar-refractivity contribution is 9.10. The number of methoxy groups -OCH3 is 1. The van der Waals surface area contributed by atoms with E-state index in [-0.39, 0.29) is 12.3 Å². The molecule has 0 N–H and O–H groups in total. The quantitative estimate of drug-likeness (QED) is 0.448. The van der Waals surface area contributed by atoms with Crippen LogP contribution in [0.3, 0.4) is 0 Å². The van der Waals surface area contributed by atoms with E-state index in [2.05, 4.69) is 28.1 Å². The highest BCUT2D eigenvalue weighted by Gasteiger charge is 2.42. The number of hydrogen-bond acceptors (Lipinski definition) is 4. The predicted molar refractivity (Wildman–Crippen MR) is 118 cm³/mol. The molecule has 2 aliphatic rings. The summed E-state index contributed by atoms with van der Waals surface area (Å²) in [5.41, 5.74) is 4.13. The minimum Gasteiger partial charge on any atom is -0.496 e. The molecular formula is C23H18BrClN2O2. The van der Waals surface area contributed by atoms with Gasteiger partial charge >= 0.3 is 0 Å². The fourth-order valence-corrected chi connectivity index (χ4v) is 4.40. The van der Waals surface area contributed by atoms with Crippen molar-refractivity contribution in [3.63, 3.8) is 0 Å². The topological polar surface area (TPSA) is 34.1 Å². The molecule has 0 fully saturated rings. The van der Waals surface area contributed by atoms with Gasteiger partial charge in [-0.15, -0.1) is 0 Å². The second-order valence-corrected chi connectivity index (χ2v) is 8.40. The van der Waals surface area contributed by atoms with E-state index in [0.717, 1.165) is 44.8 Å². The third-order valence-electron chi connectivity index (χ3n) is 5.33. The van der Waals surface area contributed by atoms with Gasteiger partial charge in [0.1, 0.15) is 11.5 Å². The van der Waals surface area contributed by atoms with Crippen molar-refractivity contribution < 1.29 is 9.47 Å². The minimum atomic E-state index is -0.377. The van der Waals surface area contributed by atoms with Crippen LogP contribution in [0.1, 0.15) is 35.4 Å². The Morgan fingerprint density at radius 1 is 1.07 bits per heavy atom. The number of hydrazone groups is 1. The third kappa shape index (κ3) is 3.28. The number of hydrogen-bond donors (Lipinski definition) is 0. The van der Waals surface area contributed by atoms with Crippen molar-refractivity contribution in [3.05, 3.63) is 92.9 Å². The Bertz CT molecular complexity index is 1100. The number of para-hydroxylation sites is 1. The fraction of sp³-hybridized carbons (Fsp3) is 0.174. The summed E-state index contributed by atoms with van der Waals surface area (Å²) in [4.78, 5) is 0. The molecule has 5 rings (SSSR count). The van der Waals surface area contributed by atoms with Crippen molar-refractivity contribution >= 4 is 33.2 Å². The average Bonchev–Trinajstić information content (AvgIpc) is 3.19. The summed E-state index contributed by atoms with van der Waals surface area (Å²) in [6.07, 6.45) is 0.405. The summed E-state index contributed by atoms with van der Waals surface area (Å²) in [6.45, 7) is 0. The molecule has 0 aromatic heterocycles. The van der Waals surface area contributed by atoms with Gasteiger partial charge in [0.2, 0.25) is 6.23 Å². The summed E-state index contributed by atoms with van der Waals surface area (Å²) in [6, 6.07) is 22.0. The fourth-order valence-electron chi connectivity index (χ4n) is 3.95. The lowest BCUT2D eigenvalue weighted by Crippen LogP contribution is -2.33. The first-order valence-corrected chi connectivity index (χ1v) is 10.5. The lowest BCUT2D eigenvalue weighted by Gasteiger charge is -2.38. The molecule has 0 amide bonds. The molecule has 0 radical (unpaired) electrons. The molecule has 0 aliphatic carbocycles. The lowest BCUT2D eigenvalue weighted by molar-refractivity contribution is -0.0203. The molecule has 3 aromatic carbocycles. The lowest BCUT2D eigenvalue weighted by atomic mass is 9.96. The van der Waals surface area contributed by atoms with Crippen LogP contribution in [-0.2, 0) is 0 Å². The Kier molecular flexibility index (Phi) is 4.72. The van der Waals surface area contributed by atoms with Gasteiger partial charge in [0.25, 0.3) is 0 Å². The van der Waals surface area contributed by atoms with Crippen molar-refractivity contribution in [2.75, 3.05) is 7.11 Å². The first-order chi connectivity index (χ1) is 14.1. The predicted octanol–water partition coefficient (Wildman–Crippen LogP) is 6.35. The van der Waals surface area contributed by atoms with Gasteiger partial charge in [-0.05, 0) is 48.0 Å². The molecule has 4 nitrogen and oxygen atoms in total. The maximum atomic E-state index is 6.41.